The highest BCUT2D eigenvalue weighted by molar-refractivity contribution is 5.68. The zero-order valence-corrected chi connectivity index (χ0v) is 13.1. The van der Waals surface area contributed by atoms with E-state index in [0.717, 1.165) is 6.42 Å². The number of morpholine rings is 1. The molecule has 1 aliphatic rings. The Labute approximate surface area is 116 Å². The average molecular weight is 272 g/mol. The van der Waals surface area contributed by atoms with E-state index in [-0.39, 0.29) is 17.7 Å². The Morgan fingerprint density at radius 3 is 2.53 bits per heavy atom. The molecule has 5 heteroatoms. The first-order chi connectivity index (χ1) is 8.63. The largest absolute Gasteiger partial charge is 0.444 e. The predicted molar refractivity (Wildman–Crippen MR) is 75.3 cm³/mol. The molecule has 5 nitrogen and oxygen atoms in total. The topological polar surface area (TPSA) is 50.8 Å². The minimum atomic E-state index is -0.449. The van der Waals surface area contributed by atoms with Crippen LogP contribution in [0.5, 0.6) is 0 Å². The first-order valence-corrected chi connectivity index (χ1v) is 6.91. The highest BCUT2D eigenvalue weighted by Gasteiger charge is 2.31. The predicted octanol–water partition coefficient (Wildman–Crippen LogP) is 2.01. The standard InChI is InChI=1S/C14H28N2O3/c1-13(2,3)19-12(17)16-7-8-18-11(10-16)9-14(4,5)15-6/h11,15H,7-10H2,1-6H3. The molecular formula is C14H28N2O3. The summed E-state index contributed by atoms with van der Waals surface area (Å²) < 4.78 is 11.1. The highest BCUT2D eigenvalue weighted by Crippen LogP contribution is 2.19. The lowest BCUT2D eigenvalue weighted by Gasteiger charge is -2.37. The first-order valence-electron chi connectivity index (χ1n) is 6.91. The summed E-state index contributed by atoms with van der Waals surface area (Å²) in [6.45, 7) is 11.7. The van der Waals surface area contributed by atoms with Gasteiger partial charge < -0.3 is 19.7 Å². The number of carbonyl (C=O) groups excluding carboxylic acids is 1. The molecule has 1 N–H and O–H groups in total. The van der Waals surface area contributed by atoms with E-state index in [1.807, 2.05) is 27.8 Å². The number of rotatable bonds is 3. The van der Waals surface area contributed by atoms with Crippen molar-refractivity contribution in [2.45, 2.75) is 58.3 Å². The van der Waals surface area contributed by atoms with E-state index in [0.29, 0.717) is 19.7 Å². The lowest BCUT2D eigenvalue weighted by Crippen LogP contribution is -2.50. The molecule has 1 aliphatic heterocycles. The van der Waals surface area contributed by atoms with Crippen LogP contribution in [0.2, 0.25) is 0 Å². The van der Waals surface area contributed by atoms with Gasteiger partial charge >= 0.3 is 6.09 Å². The smallest absolute Gasteiger partial charge is 0.410 e. The van der Waals surface area contributed by atoms with E-state index in [4.69, 9.17) is 9.47 Å². The molecule has 19 heavy (non-hydrogen) atoms. The summed E-state index contributed by atoms with van der Waals surface area (Å²) in [5.74, 6) is 0. The average Bonchev–Trinajstić information content (AvgIpc) is 2.26. The maximum atomic E-state index is 12.0. The van der Waals surface area contributed by atoms with Crippen molar-refractivity contribution in [3.05, 3.63) is 0 Å². The van der Waals surface area contributed by atoms with E-state index in [1.165, 1.54) is 0 Å². The molecule has 0 aliphatic carbocycles. The molecule has 0 radical (unpaired) electrons. The van der Waals surface area contributed by atoms with Crippen molar-refractivity contribution in [2.75, 3.05) is 26.7 Å². The van der Waals surface area contributed by atoms with Gasteiger partial charge in [0.05, 0.1) is 19.3 Å². The van der Waals surface area contributed by atoms with Crippen molar-refractivity contribution in [1.82, 2.24) is 10.2 Å². The number of amides is 1. The second kappa shape index (κ2) is 6.09. The summed E-state index contributed by atoms with van der Waals surface area (Å²) in [4.78, 5) is 13.8. The second-order valence-electron chi connectivity index (χ2n) is 6.76. The van der Waals surface area contributed by atoms with Crippen molar-refractivity contribution in [3.8, 4) is 0 Å². The van der Waals surface area contributed by atoms with Crippen LogP contribution < -0.4 is 5.32 Å². The SMILES string of the molecule is CNC(C)(C)CC1CN(C(=O)OC(C)(C)C)CCO1. The molecule has 1 saturated heterocycles. The van der Waals surface area contributed by atoms with Crippen LogP contribution in [0, 0.1) is 0 Å². The maximum Gasteiger partial charge on any atom is 0.410 e. The van der Waals surface area contributed by atoms with Gasteiger partial charge in [-0.15, -0.1) is 0 Å². The summed E-state index contributed by atoms with van der Waals surface area (Å²) >= 11 is 0. The highest BCUT2D eigenvalue weighted by atomic mass is 16.6. The van der Waals surface area contributed by atoms with Crippen LogP contribution in [0.15, 0.2) is 0 Å². The number of hydrogen-bond acceptors (Lipinski definition) is 4. The Morgan fingerprint density at radius 2 is 2.00 bits per heavy atom. The second-order valence-corrected chi connectivity index (χ2v) is 6.76. The van der Waals surface area contributed by atoms with Gasteiger partial charge in [-0.1, -0.05) is 0 Å². The minimum Gasteiger partial charge on any atom is -0.444 e. The van der Waals surface area contributed by atoms with Gasteiger partial charge in [0.1, 0.15) is 5.60 Å². The molecule has 1 unspecified atom stereocenters. The fraction of sp³-hybridized carbons (Fsp3) is 0.929. The van der Waals surface area contributed by atoms with Crippen LogP contribution in [0.1, 0.15) is 41.0 Å². The molecule has 0 aromatic carbocycles. The van der Waals surface area contributed by atoms with Gasteiger partial charge in [0.15, 0.2) is 0 Å². The summed E-state index contributed by atoms with van der Waals surface area (Å²) in [5.41, 5.74) is -0.448. The molecular weight excluding hydrogens is 244 g/mol. The number of ether oxygens (including phenoxy) is 2. The molecule has 1 rings (SSSR count). The lowest BCUT2D eigenvalue weighted by molar-refractivity contribution is -0.0512. The Kier molecular flexibility index (Phi) is 5.21. The van der Waals surface area contributed by atoms with Crippen LogP contribution in [0.4, 0.5) is 4.79 Å². The van der Waals surface area contributed by atoms with Crippen molar-refractivity contribution >= 4 is 6.09 Å². The van der Waals surface area contributed by atoms with Gasteiger partial charge in [0, 0.05) is 12.1 Å². The molecule has 0 bridgehead atoms. The van der Waals surface area contributed by atoms with Gasteiger partial charge in [0.25, 0.3) is 0 Å². The van der Waals surface area contributed by atoms with E-state index in [2.05, 4.69) is 19.2 Å². The quantitative estimate of drug-likeness (QED) is 0.854. The van der Waals surface area contributed by atoms with Gasteiger partial charge in [-0.3, -0.25) is 0 Å². The zero-order chi connectivity index (χ0) is 14.7. The molecule has 112 valence electrons. The summed E-state index contributed by atoms with van der Waals surface area (Å²) in [7, 11) is 1.94. The zero-order valence-electron chi connectivity index (χ0n) is 13.1. The number of carbonyl (C=O) groups is 1. The molecule has 0 aromatic heterocycles. The Bertz CT molecular complexity index is 310. The van der Waals surface area contributed by atoms with E-state index in [1.54, 1.807) is 4.90 Å². The Balaban J connectivity index is 2.53. The molecule has 1 fully saturated rings. The van der Waals surface area contributed by atoms with Crippen LogP contribution >= 0.6 is 0 Å². The molecule has 1 atom stereocenters. The Hall–Kier alpha value is -0.810. The van der Waals surface area contributed by atoms with E-state index in [9.17, 15) is 4.79 Å². The summed E-state index contributed by atoms with van der Waals surface area (Å²) in [6, 6.07) is 0. The van der Waals surface area contributed by atoms with Crippen LogP contribution in [-0.4, -0.2) is 55.0 Å². The number of hydrogen-bond donors (Lipinski definition) is 1. The third kappa shape index (κ3) is 5.78. The van der Waals surface area contributed by atoms with Crippen molar-refractivity contribution in [3.63, 3.8) is 0 Å². The molecule has 1 heterocycles. The minimum absolute atomic E-state index is 0.00160. The van der Waals surface area contributed by atoms with Crippen LogP contribution in [0.3, 0.4) is 0 Å². The monoisotopic (exact) mass is 272 g/mol. The number of nitrogens with one attached hydrogen (secondary N) is 1. The maximum absolute atomic E-state index is 12.0. The fourth-order valence-electron chi connectivity index (χ4n) is 2.01. The van der Waals surface area contributed by atoms with Crippen LogP contribution in [0.25, 0.3) is 0 Å². The third-order valence-corrected chi connectivity index (χ3v) is 3.21. The van der Waals surface area contributed by atoms with E-state index < -0.39 is 5.60 Å². The lowest BCUT2D eigenvalue weighted by atomic mass is 9.96. The molecule has 0 saturated carbocycles. The van der Waals surface area contributed by atoms with Gasteiger partial charge in [0.2, 0.25) is 0 Å². The van der Waals surface area contributed by atoms with Gasteiger partial charge in [-0.2, -0.15) is 0 Å². The molecule has 0 spiro atoms. The van der Waals surface area contributed by atoms with Crippen molar-refractivity contribution in [1.29, 1.82) is 0 Å². The van der Waals surface area contributed by atoms with Crippen LogP contribution in [-0.2, 0) is 9.47 Å². The molecule has 1 amide bonds. The fourth-order valence-corrected chi connectivity index (χ4v) is 2.01. The summed E-state index contributed by atoms with van der Waals surface area (Å²) in [6.07, 6.45) is 0.676. The summed E-state index contributed by atoms with van der Waals surface area (Å²) in [5, 5.41) is 3.26. The van der Waals surface area contributed by atoms with E-state index >= 15 is 0 Å². The van der Waals surface area contributed by atoms with Gasteiger partial charge in [-0.05, 0) is 48.1 Å². The van der Waals surface area contributed by atoms with Crippen molar-refractivity contribution in [2.24, 2.45) is 0 Å². The normalized spacial score (nSPS) is 21.4. The number of nitrogens with zero attached hydrogens (tertiary/aromatic N) is 1. The molecule has 0 aromatic rings. The van der Waals surface area contributed by atoms with Crippen molar-refractivity contribution < 1.29 is 14.3 Å². The first kappa shape index (κ1) is 16.2. The third-order valence-electron chi connectivity index (χ3n) is 3.21. The Morgan fingerprint density at radius 1 is 1.37 bits per heavy atom. The van der Waals surface area contributed by atoms with Gasteiger partial charge in [-0.25, -0.2) is 4.79 Å².